The molecule has 124 valence electrons. The minimum Gasteiger partial charge on any atom is -0.386 e. The first-order valence-corrected chi connectivity index (χ1v) is 7.12. The van der Waals surface area contributed by atoms with Gasteiger partial charge in [0.1, 0.15) is 29.7 Å². The van der Waals surface area contributed by atoms with E-state index in [2.05, 4.69) is 10.3 Å². The highest BCUT2D eigenvalue weighted by atomic mass is 19.3. The van der Waals surface area contributed by atoms with Crippen molar-refractivity contribution in [1.29, 1.82) is 0 Å². The molecule has 1 aromatic rings. The van der Waals surface area contributed by atoms with E-state index in [-0.39, 0.29) is 30.3 Å². The molecule has 0 spiro atoms. The lowest BCUT2D eigenvalue weighted by molar-refractivity contribution is -0.119. The molecule has 2 aliphatic rings. The lowest BCUT2D eigenvalue weighted by atomic mass is 9.92. The predicted molar refractivity (Wildman–Crippen MR) is 77.9 cm³/mol. The number of amidine groups is 1. The molecule has 0 aromatic heterocycles. The third-order valence-corrected chi connectivity index (χ3v) is 3.98. The first-order valence-electron chi connectivity index (χ1n) is 7.12. The SMILES string of the molecule is C[C@@]1(c2cc(NC(=O)C3CC3(F)F)ccc2F)COCC(N)=N1. The molecule has 1 aliphatic heterocycles. The zero-order valence-corrected chi connectivity index (χ0v) is 12.4. The van der Waals surface area contributed by atoms with E-state index in [1.165, 1.54) is 12.1 Å². The number of nitrogens with one attached hydrogen (secondary N) is 1. The number of hydrogen-bond donors (Lipinski definition) is 2. The third kappa shape index (κ3) is 3.03. The molecule has 5 nitrogen and oxygen atoms in total. The van der Waals surface area contributed by atoms with Crippen molar-refractivity contribution < 1.29 is 22.7 Å². The Kier molecular flexibility index (Phi) is 3.59. The summed E-state index contributed by atoms with van der Waals surface area (Å²) in [5.74, 6) is -5.34. The standard InChI is InChI=1S/C15H16F3N3O2/c1-14(7-23-6-12(19)21-14)9-4-8(2-3-11(9)16)20-13(22)10-5-15(10,17)18/h2-4,10H,5-7H2,1H3,(H2,19,21)(H,20,22)/t10?,14-/m0/s1. The van der Waals surface area contributed by atoms with Crippen LogP contribution in [0.2, 0.25) is 0 Å². The second kappa shape index (κ2) is 5.23. The van der Waals surface area contributed by atoms with Gasteiger partial charge in [0.25, 0.3) is 5.92 Å². The quantitative estimate of drug-likeness (QED) is 0.892. The van der Waals surface area contributed by atoms with Gasteiger partial charge in [0, 0.05) is 17.7 Å². The summed E-state index contributed by atoms with van der Waals surface area (Å²) in [6, 6.07) is 3.85. The van der Waals surface area contributed by atoms with E-state index in [4.69, 9.17) is 10.5 Å². The predicted octanol–water partition coefficient (Wildman–Crippen LogP) is 2.02. The number of alkyl halides is 2. The summed E-state index contributed by atoms with van der Waals surface area (Å²) in [7, 11) is 0. The van der Waals surface area contributed by atoms with Crippen molar-refractivity contribution in [2.24, 2.45) is 16.6 Å². The van der Waals surface area contributed by atoms with Crippen LogP contribution in [0.3, 0.4) is 0 Å². The third-order valence-electron chi connectivity index (χ3n) is 3.98. The summed E-state index contributed by atoms with van der Waals surface area (Å²) in [5.41, 5.74) is 5.02. The van der Waals surface area contributed by atoms with E-state index in [1.54, 1.807) is 6.92 Å². The van der Waals surface area contributed by atoms with Crippen LogP contribution in [0.15, 0.2) is 23.2 Å². The van der Waals surface area contributed by atoms with E-state index >= 15 is 0 Å². The van der Waals surface area contributed by atoms with Crippen LogP contribution in [0.25, 0.3) is 0 Å². The number of hydrogen-bond acceptors (Lipinski definition) is 4. The van der Waals surface area contributed by atoms with Crippen molar-refractivity contribution >= 4 is 17.4 Å². The van der Waals surface area contributed by atoms with Crippen molar-refractivity contribution in [1.82, 2.24) is 0 Å². The van der Waals surface area contributed by atoms with Gasteiger partial charge in [-0.3, -0.25) is 9.79 Å². The number of amides is 1. The molecule has 1 aliphatic carbocycles. The molecule has 1 heterocycles. The molecule has 3 rings (SSSR count). The number of benzene rings is 1. The molecule has 0 saturated heterocycles. The zero-order valence-electron chi connectivity index (χ0n) is 12.4. The summed E-state index contributed by atoms with van der Waals surface area (Å²) in [6.45, 7) is 1.95. The molecular formula is C15H16F3N3O2. The number of rotatable bonds is 3. The highest BCUT2D eigenvalue weighted by Crippen LogP contribution is 2.49. The van der Waals surface area contributed by atoms with Crippen LogP contribution in [0.1, 0.15) is 18.9 Å². The number of aliphatic imine (C=N–C) groups is 1. The van der Waals surface area contributed by atoms with Crippen LogP contribution in [0.5, 0.6) is 0 Å². The van der Waals surface area contributed by atoms with Gasteiger partial charge in [0.15, 0.2) is 0 Å². The van der Waals surface area contributed by atoms with Gasteiger partial charge in [-0.15, -0.1) is 0 Å². The summed E-state index contributed by atoms with van der Waals surface area (Å²) in [4.78, 5) is 16.0. The Morgan fingerprint density at radius 3 is 2.78 bits per heavy atom. The van der Waals surface area contributed by atoms with E-state index in [9.17, 15) is 18.0 Å². The van der Waals surface area contributed by atoms with E-state index in [1.807, 2.05) is 0 Å². The second-order valence-electron chi connectivity index (χ2n) is 6.07. The molecule has 1 saturated carbocycles. The maximum absolute atomic E-state index is 14.2. The minimum absolute atomic E-state index is 0.128. The Labute approximate surface area is 130 Å². The molecule has 8 heteroatoms. The molecule has 0 bridgehead atoms. The van der Waals surface area contributed by atoms with Crippen molar-refractivity contribution in [2.45, 2.75) is 24.8 Å². The Morgan fingerprint density at radius 1 is 1.48 bits per heavy atom. The molecule has 1 aromatic carbocycles. The number of anilines is 1. The molecular weight excluding hydrogens is 311 g/mol. The number of carbonyl (C=O) groups is 1. The molecule has 2 atom stereocenters. The molecule has 1 unspecified atom stereocenters. The Bertz CT molecular complexity index is 693. The lowest BCUT2D eigenvalue weighted by Gasteiger charge is -2.30. The average molecular weight is 327 g/mol. The monoisotopic (exact) mass is 327 g/mol. The van der Waals surface area contributed by atoms with Gasteiger partial charge in [-0.1, -0.05) is 0 Å². The molecule has 0 radical (unpaired) electrons. The summed E-state index contributed by atoms with van der Waals surface area (Å²) >= 11 is 0. The van der Waals surface area contributed by atoms with Crippen molar-refractivity contribution in [2.75, 3.05) is 18.5 Å². The van der Waals surface area contributed by atoms with Crippen LogP contribution in [-0.2, 0) is 15.1 Å². The summed E-state index contributed by atoms with van der Waals surface area (Å²) in [6.07, 6.45) is -0.459. The fourth-order valence-electron chi connectivity index (χ4n) is 2.62. The molecule has 1 amide bonds. The second-order valence-corrected chi connectivity index (χ2v) is 6.07. The fraction of sp³-hybridized carbons (Fsp3) is 0.467. The highest BCUT2D eigenvalue weighted by Gasteiger charge is 2.61. The van der Waals surface area contributed by atoms with Gasteiger partial charge in [0.05, 0.1) is 6.61 Å². The van der Waals surface area contributed by atoms with Crippen LogP contribution < -0.4 is 11.1 Å². The van der Waals surface area contributed by atoms with Crippen LogP contribution in [0.4, 0.5) is 18.9 Å². The Morgan fingerprint density at radius 2 is 2.17 bits per heavy atom. The smallest absolute Gasteiger partial charge is 0.260 e. The first-order chi connectivity index (χ1) is 10.7. The maximum Gasteiger partial charge on any atom is 0.260 e. The lowest BCUT2D eigenvalue weighted by Crippen LogP contribution is -2.38. The number of carbonyl (C=O) groups excluding carboxylic acids is 1. The molecule has 1 fully saturated rings. The number of halogens is 3. The number of nitrogens with two attached hydrogens (primary N) is 1. The van der Waals surface area contributed by atoms with Crippen molar-refractivity contribution in [3.63, 3.8) is 0 Å². The van der Waals surface area contributed by atoms with Gasteiger partial charge in [-0.05, 0) is 25.1 Å². The maximum atomic E-state index is 14.2. The molecule has 3 N–H and O–H groups in total. The Balaban J connectivity index is 1.85. The normalized spacial score (nSPS) is 28.9. The van der Waals surface area contributed by atoms with E-state index in [0.29, 0.717) is 0 Å². The molecule has 23 heavy (non-hydrogen) atoms. The first kappa shape index (κ1) is 15.8. The van der Waals surface area contributed by atoms with Crippen molar-refractivity contribution in [3.8, 4) is 0 Å². The number of nitrogens with zero attached hydrogens (tertiary/aromatic N) is 1. The number of ether oxygens (including phenoxy) is 1. The fourth-order valence-corrected chi connectivity index (χ4v) is 2.62. The summed E-state index contributed by atoms with van der Waals surface area (Å²) in [5, 5.41) is 2.39. The average Bonchev–Trinajstić information content (AvgIpc) is 3.10. The van der Waals surface area contributed by atoms with E-state index < -0.39 is 35.5 Å². The van der Waals surface area contributed by atoms with Crippen LogP contribution >= 0.6 is 0 Å². The van der Waals surface area contributed by atoms with Gasteiger partial charge < -0.3 is 15.8 Å². The van der Waals surface area contributed by atoms with Gasteiger partial charge in [-0.25, -0.2) is 13.2 Å². The highest BCUT2D eigenvalue weighted by molar-refractivity contribution is 5.95. The summed E-state index contributed by atoms with van der Waals surface area (Å²) < 4.78 is 45.3. The van der Waals surface area contributed by atoms with Crippen molar-refractivity contribution in [3.05, 3.63) is 29.6 Å². The Hall–Kier alpha value is -2.09. The van der Waals surface area contributed by atoms with E-state index in [0.717, 1.165) is 6.07 Å². The van der Waals surface area contributed by atoms with Crippen LogP contribution in [0, 0.1) is 11.7 Å². The van der Waals surface area contributed by atoms with Gasteiger partial charge >= 0.3 is 0 Å². The topological polar surface area (TPSA) is 76.7 Å². The largest absolute Gasteiger partial charge is 0.386 e. The minimum atomic E-state index is -2.95. The van der Waals surface area contributed by atoms with Gasteiger partial charge in [-0.2, -0.15) is 0 Å². The van der Waals surface area contributed by atoms with Gasteiger partial charge in [0.2, 0.25) is 5.91 Å². The zero-order chi connectivity index (χ0) is 16.8. The van der Waals surface area contributed by atoms with Crippen LogP contribution in [-0.4, -0.2) is 30.9 Å².